The first kappa shape index (κ1) is 16.9. The number of amides is 1. The molecule has 0 saturated heterocycles. The number of nitrogen functional groups attached to an aromatic ring is 1. The van der Waals surface area contributed by atoms with E-state index in [1.54, 1.807) is 0 Å². The summed E-state index contributed by atoms with van der Waals surface area (Å²) < 4.78 is 26.8. The van der Waals surface area contributed by atoms with E-state index in [0.717, 1.165) is 0 Å². The molecule has 1 rings (SSSR count). The van der Waals surface area contributed by atoms with E-state index in [1.165, 1.54) is 18.2 Å². The first-order valence-electron chi connectivity index (χ1n) is 5.87. The van der Waals surface area contributed by atoms with Crippen LogP contribution in [0.2, 0.25) is 0 Å². The zero-order valence-corrected chi connectivity index (χ0v) is 13.9. The third-order valence-electron chi connectivity index (χ3n) is 2.22. The largest absolute Gasteiger partial charge is 0.398 e. The number of sulfonamides is 1. The van der Waals surface area contributed by atoms with Crippen LogP contribution in [0, 0.1) is 0 Å². The van der Waals surface area contributed by atoms with Crippen LogP contribution in [0.4, 0.5) is 5.69 Å². The van der Waals surface area contributed by atoms with Crippen molar-refractivity contribution in [3.05, 3.63) is 22.7 Å². The Morgan fingerprint density at radius 2 is 1.95 bits per heavy atom. The molecule has 0 unspecified atom stereocenters. The molecule has 0 saturated carbocycles. The number of rotatable bonds is 4. The summed E-state index contributed by atoms with van der Waals surface area (Å²) in [6, 6.07) is 4.25. The minimum absolute atomic E-state index is 0.0436. The highest BCUT2D eigenvalue weighted by atomic mass is 79.9. The first-order chi connectivity index (χ1) is 9.01. The van der Waals surface area contributed by atoms with E-state index in [2.05, 4.69) is 26.0 Å². The van der Waals surface area contributed by atoms with Gasteiger partial charge in [0.25, 0.3) is 0 Å². The van der Waals surface area contributed by atoms with Crippen molar-refractivity contribution < 1.29 is 13.2 Å². The number of hydrogen-bond donors (Lipinski definition) is 3. The molecule has 0 fully saturated rings. The van der Waals surface area contributed by atoms with Crippen LogP contribution in [0.1, 0.15) is 20.8 Å². The van der Waals surface area contributed by atoms with Crippen LogP contribution in [0.15, 0.2) is 27.6 Å². The molecule has 0 aromatic heterocycles. The second kappa shape index (κ2) is 6.11. The van der Waals surface area contributed by atoms with Crippen molar-refractivity contribution in [2.45, 2.75) is 31.2 Å². The lowest BCUT2D eigenvalue weighted by Gasteiger charge is -2.20. The lowest BCUT2D eigenvalue weighted by atomic mass is 10.1. The molecule has 0 atom stereocenters. The number of halogens is 1. The predicted molar refractivity (Wildman–Crippen MR) is 81.6 cm³/mol. The molecule has 6 nitrogen and oxygen atoms in total. The third kappa shape index (κ3) is 5.10. The van der Waals surface area contributed by atoms with E-state index in [-0.39, 0.29) is 11.4 Å². The Labute approximate surface area is 127 Å². The SMILES string of the molecule is CC(C)(C)NC(=O)CNS(=O)(=O)c1ccc(N)c(Br)c1. The summed E-state index contributed by atoms with van der Waals surface area (Å²) in [6.07, 6.45) is 0. The highest BCUT2D eigenvalue weighted by Crippen LogP contribution is 2.22. The van der Waals surface area contributed by atoms with Gasteiger partial charge in [0.05, 0.1) is 11.4 Å². The quantitative estimate of drug-likeness (QED) is 0.700. The number of nitrogens with two attached hydrogens (primary N) is 1. The first-order valence-corrected chi connectivity index (χ1v) is 8.14. The Morgan fingerprint density at radius 3 is 2.45 bits per heavy atom. The number of benzene rings is 1. The minimum atomic E-state index is -3.75. The molecule has 8 heteroatoms. The topological polar surface area (TPSA) is 101 Å². The smallest absolute Gasteiger partial charge is 0.241 e. The highest BCUT2D eigenvalue weighted by Gasteiger charge is 2.18. The zero-order chi connectivity index (χ0) is 15.6. The van der Waals surface area contributed by atoms with Gasteiger partial charge in [-0.25, -0.2) is 13.1 Å². The molecule has 4 N–H and O–H groups in total. The lowest BCUT2D eigenvalue weighted by molar-refractivity contribution is -0.121. The third-order valence-corrected chi connectivity index (χ3v) is 4.31. The van der Waals surface area contributed by atoms with E-state index in [9.17, 15) is 13.2 Å². The van der Waals surface area contributed by atoms with Crippen molar-refractivity contribution in [1.29, 1.82) is 0 Å². The van der Waals surface area contributed by atoms with Gasteiger partial charge in [-0.15, -0.1) is 0 Å². The van der Waals surface area contributed by atoms with Crippen LogP contribution in [0.3, 0.4) is 0 Å². The number of carbonyl (C=O) groups is 1. The van der Waals surface area contributed by atoms with Gasteiger partial charge < -0.3 is 11.1 Å². The van der Waals surface area contributed by atoms with Crippen molar-refractivity contribution in [2.24, 2.45) is 0 Å². The molecule has 1 amide bonds. The summed E-state index contributed by atoms with van der Waals surface area (Å²) in [7, 11) is -3.75. The number of hydrogen-bond acceptors (Lipinski definition) is 4. The summed E-state index contributed by atoms with van der Waals surface area (Å²) in [5.41, 5.74) is 5.63. The van der Waals surface area contributed by atoms with Crippen LogP contribution >= 0.6 is 15.9 Å². The normalized spacial score (nSPS) is 12.2. The average molecular weight is 364 g/mol. The Hall–Kier alpha value is -1.12. The van der Waals surface area contributed by atoms with E-state index in [0.29, 0.717) is 10.2 Å². The van der Waals surface area contributed by atoms with E-state index >= 15 is 0 Å². The second-order valence-electron chi connectivity index (χ2n) is 5.31. The number of carbonyl (C=O) groups excluding carboxylic acids is 1. The second-order valence-corrected chi connectivity index (χ2v) is 7.93. The summed E-state index contributed by atoms with van der Waals surface area (Å²) in [4.78, 5) is 11.6. The van der Waals surface area contributed by atoms with Gasteiger partial charge in [-0.3, -0.25) is 4.79 Å². The van der Waals surface area contributed by atoms with Gasteiger partial charge in [-0.2, -0.15) is 0 Å². The standard InChI is InChI=1S/C12H18BrN3O3S/c1-12(2,3)16-11(17)7-15-20(18,19)8-4-5-10(14)9(13)6-8/h4-6,15H,7,14H2,1-3H3,(H,16,17). The maximum atomic E-state index is 12.0. The molecule has 1 aromatic carbocycles. The van der Waals surface area contributed by atoms with E-state index < -0.39 is 21.5 Å². The molecular weight excluding hydrogens is 346 g/mol. The molecular formula is C12H18BrN3O3S. The minimum Gasteiger partial charge on any atom is -0.398 e. The van der Waals surface area contributed by atoms with Gasteiger partial charge in [-0.1, -0.05) is 0 Å². The van der Waals surface area contributed by atoms with Gasteiger partial charge in [0, 0.05) is 15.7 Å². The molecule has 0 radical (unpaired) electrons. The van der Waals surface area contributed by atoms with Crippen LogP contribution in [0.25, 0.3) is 0 Å². The van der Waals surface area contributed by atoms with Crippen LogP contribution in [-0.2, 0) is 14.8 Å². The van der Waals surface area contributed by atoms with Crippen molar-refractivity contribution >= 4 is 37.5 Å². The molecule has 0 aliphatic rings. The van der Waals surface area contributed by atoms with Gasteiger partial charge in [-0.05, 0) is 54.9 Å². The lowest BCUT2D eigenvalue weighted by Crippen LogP contribution is -2.45. The molecule has 0 bridgehead atoms. The fourth-order valence-electron chi connectivity index (χ4n) is 1.38. The Balaban J connectivity index is 2.76. The van der Waals surface area contributed by atoms with Gasteiger partial charge in [0.2, 0.25) is 15.9 Å². The van der Waals surface area contributed by atoms with Gasteiger partial charge >= 0.3 is 0 Å². The maximum absolute atomic E-state index is 12.0. The summed E-state index contributed by atoms with van der Waals surface area (Å²) >= 11 is 3.16. The molecule has 0 heterocycles. The zero-order valence-electron chi connectivity index (χ0n) is 11.5. The summed E-state index contributed by atoms with van der Waals surface area (Å²) in [5, 5.41) is 2.67. The van der Waals surface area contributed by atoms with E-state index in [4.69, 9.17) is 5.73 Å². The molecule has 1 aromatic rings. The van der Waals surface area contributed by atoms with E-state index in [1.807, 2.05) is 20.8 Å². The molecule has 0 aliphatic carbocycles. The predicted octanol–water partition coefficient (Wildman–Crippen LogP) is 1.22. The summed E-state index contributed by atoms with van der Waals surface area (Å²) in [6.45, 7) is 5.13. The summed E-state index contributed by atoms with van der Waals surface area (Å²) in [5.74, 6) is -0.393. The Bertz CT molecular complexity index is 609. The number of nitrogens with one attached hydrogen (secondary N) is 2. The van der Waals surface area contributed by atoms with Gasteiger partial charge in [0.1, 0.15) is 0 Å². The maximum Gasteiger partial charge on any atom is 0.241 e. The molecule has 20 heavy (non-hydrogen) atoms. The fourth-order valence-corrected chi connectivity index (χ4v) is 2.92. The molecule has 112 valence electrons. The van der Waals surface area contributed by atoms with Crippen LogP contribution in [0.5, 0.6) is 0 Å². The monoisotopic (exact) mass is 363 g/mol. The molecule has 0 aliphatic heterocycles. The Kier molecular flexibility index (Phi) is 5.17. The Morgan fingerprint density at radius 1 is 1.35 bits per heavy atom. The fraction of sp³-hybridized carbons (Fsp3) is 0.417. The van der Waals surface area contributed by atoms with Crippen molar-refractivity contribution in [3.8, 4) is 0 Å². The van der Waals surface area contributed by atoms with Crippen molar-refractivity contribution in [1.82, 2.24) is 10.0 Å². The van der Waals surface area contributed by atoms with Crippen molar-refractivity contribution in [2.75, 3.05) is 12.3 Å². The van der Waals surface area contributed by atoms with Crippen LogP contribution < -0.4 is 15.8 Å². The molecule has 0 spiro atoms. The van der Waals surface area contributed by atoms with Crippen LogP contribution in [-0.4, -0.2) is 26.4 Å². The van der Waals surface area contributed by atoms with Crippen molar-refractivity contribution in [3.63, 3.8) is 0 Å². The van der Waals surface area contributed by atoms with Gasteiger partial charge in [0.15, 0.2) is 0 Å². The number of anilines is 1. The average Bonchev–Trinajstić information content (AvgIpc) is 2.28. The highest BCUT2D eigenvalue weighted by molar-refractivity contribution is 9.10.